The summed E-state index contributed by atoms with van der Waals surface area (Å²) in [5, 5.41) is 4.36. The van der Waals surface area contributed by atoms with Crippen molar-refractivity contribution in [3.05, 3.63) is 41.5 Å². The Kier molecular flexibility index (Phi) is 6.03. The van der Waals surface area contributed by atoms with Gasteiger partial charge in [-0.1, -0.05) is 12.1 Å². The fourth-order valence-electron chi connectivity index (χ4n) is 3.40. The molecule has 0 unspecified atom stereocenters. The van der Waals surface area contributed by atoms with E-state index in [0.717, 1.165) is 36.8 Å². The summed E-state index contributed by atoms with van der Waals surface area (Å²) in [6, 6.07) is 5.92. The Hall–Kier alpha value is -2.41. The number of benzene rings is 1. The number of nitrogens with zero attached hydrogens (tertiary/aromatic N) is 5. The molecule has 2 heterocycles. The molecule has 2 aromatic rings. The molecule has 1 fully saturated rings. The Morgan fingerprint density at radius 1 is 1.14 bits per heavy atom. The molecule has 1 saturated heterocycles. The number of amides is 1. The van der Waals surface area contributed by atoms with Gasteiger partial charge in [0.2, 0.25) is 0 Å². The molecule has 1 aromatic carbocycles. The maximum absolute atomic E-state index is 12.5. The van der Waals surface area contributed by atoms with Gasteiger partial charge in [0.1, 0.15) is 17.9 Å². The molecule has 7 heteroatoms. The van der Waals surface area contributed by atoms with Crippen molar-refractivity contribution in [2.24, 2.45) is 0 Å². The molecule has 0 N–H and O–H groups in total. The molecule has 152 valence electrons. The standard InChI is InChI=1S/C21H31N5O2/c1-16-7-6-8-18(17(16)2)28-14-20(27)25-11-9-24(10-12-25)13-19-22-15-23-26(19)21(3,4)5/h6-8,15H,9-14H2,1-5H3. The predicted molar refractivity (Wildman–Crippen MR) is 108 cm³/mol. The van der Waals surface area contributed by atoms with Crippen molar-refractivity contribution in [1.82, 2.24) is 24.6 Å². The monoisotopic (exact) mass is 385 g/mol. The third kappa shape index (κ3) is 4.70. The van der Waals surface area contributed by atoms with Crippen LogP contribution in [0.1, 0.15) is 37.7 Å². The normalized spacial score (nSPS) is 15.7. The summed E-state index contributed by atoms with van der Waals surface area (Å²) in [5.74, 6) is 1.79. The van der Waals surface area contributed by atoms with E-state index in [1.807, 2.05) is 41.6 Å². The van der Waals surface area contributed by atoms with E-state index in [2.05, 4.69) is 35.8 Å². The molecule has 3 rings (SSSR count). The van der Waals surface area contributed by atoms with E-state index in [1.54, 1.807) is 6.33 Å². The largest absolute Gasteiger partial charge is 0.483 e. The molecule has 0 saturated carbocycles. The number of carbonyl (C=O) groups excluding carboxylic acids is 1. The molecular formula is C21H31N5O2. The maximum Gasteiger partial charge on any atom is 0.260 e. The molecule has 7 nitrogen and oxygen atoms in total. The SMILES string of the molecule is Cc1cccc(OCC(=O)N2CCN(Cc3ncnn3C(C)(C)C)CC2)c1C. The number of rotatable bonds is 5. The maximum atomic E-state index is 12.5. The highest BCUT2D eigenvalue weighted by Gasteiger charge is 2.24. The lowest BCUT2D eigenvalue weighted by Gasteiger charge is -2.35. The van der Waals surface area contributed by atoms with E-state index in [-0.39, 0.29) is 18.1 Å². The van der Waals surface area contributed by atoms with Crippen LogP contribution in [0.5, 0.6) is 5.75 Å². The van der Waals surface area contributed by atoms with Gasteiger partial charge in [-0.05, 0) is 51.8 Å². The van der Waals surface area contributed by atoms with Gasteiger partial charge < -0.3 is 9.64 Å². The number of aryl methyl sites for hydroxylation is 1. The van der Waals surface area contributed by atoms with Crippen LogP contribution in [-0.2, 0) is 16.9 Å². The average Bonchev–Trinajstić information content (AvgIpc) is 3.12. The molecule has 1 aromatic heterocycles. The summed E-state index contributed by atoms with van der Waals surface area (Å²) >= 11 is 0. The second-order valence-corrected chi connectivity index (χ2v) is 8.40. The molecule has 0 aliphatic carbocycles. The lowest BCUT2D eigenvalue weighted by Crippen LogP contribution is -2.50. The summed E-state index contributed by atoms with van der Waals surface area (Å²) in [4.78, 5) is 21.2. The van der Waals surface area contributed by atoms with Crippen molar-refractivity contribution in [2.75, 3.05) is 32.8 Å². The number of aromatic nitrogens is 3. The minimum Gasteiger partial charge on any atom is -0.483 e. The second kappa shape index (κ2) is 8.31. The number of carbonyl (C=O) groups is 1. The Morgan fingerprint density at radius 2 is 1.86 bits per heavy atom. The van der Waals surface area contributed by atoms with Crippen molar-refractivity contribution in [3.8, 4) is 5.75 Å². The third-order valence-electron chi connectivity index (χ3n) is 5.25. The van der Waals surface area contributed by atoms with Gasteiger partial charge in [-0.2, -0.15) is 5.10 Å². The first-order valence-corrected chi connectivity index (χ1v) is 9.84. The highest BCUT2D eigenvalue weighted by atomic mass is 16.5. The number of ether oxygens (including phenoxy) is 1. The summed E-state index contributed by atoms with van der Waals surface area (Å²) < 4.78 is 7.75. The van der Waals surface area contributed by atoms with Gasteiger partial charge in [0.15, 0.2) is 6.61 Å². The summed E-state index contributed by atoms with van der Waals surface area (Å²) in [6.07, 6.45) is 1.62. The molecule has 0 radical (unpaired) electrons. The van der Waals surface area contributed by atoms with Crippen LogP contribution in [0, 0.1) is 13.8 Å². The van der Waals surface area contributed by atoms with Crippen LogP contribution < -0.4 is 4.74 Å². The third-order valence-corrected chi connectivity index (χ3v) is 5.25. The first kappa shape index (κ1) is 20.3. The zero-order valence-corrected chi connectivity index (χ0v) is 17.6. The van der Waals surface area contributed by atoms with Crippen molar-refractivity contribution in [3.63, 3.8) is 0 Å². The van der Waals surface area contributed by atoms with Crippen LogP contribution in [0.3, 0.4) is 0 Å². The Bertz CT molecular complexity index is 816. The first-order valence-electron chi connectivity index (χ1n) is 9.84. The lowest BCUT2D eigenvalue weighted by atomic mass is 10.1. The quantitative estimate of drug-likeness (QED) is 0.791. The number of hydrogen-bond donors (Lipinski definition) is 0. The molecule has 1 aliphatic heterocycles. The number of hydrogen-bond acceptors (Lipinski definition) is 5. The fourth-order valence-corrected chi connectivity index (χ4v) is 3.40. The Labute approximate surface area is 167 Å². The summed E-state index contributed by atoms with van der Waals surface area (Å²) in [5.41, 5.74) is 2.17. The van der Waals surface area contributed by atoms with Crippen LogP contribution in [0.2, 0.25) is 0 Å². The molecule has 1 amide bonds. The molecule has 0 spiro atoms. The predicted octanol–water partition coefficient (Wildman–Crippen LogP) is 2.37. The van der Waals surface area contributed by atoms with Gasteiger partial charge in [-0.25, -0.2) is 9.67 Å². The van der Waals surface area contributed by atoms with Crippen molar-refractivity contribution >= 4 is 5.91 Å². The molecule has 0 atom stereocenters. The van der Waals surface area contributed by atoms with E-state index in [9.17, 15) is 4.79 Å². The fraction of sp³-hybridized carbons (Fsp3) is 0.571. The van der Waals surface area contributed by atoms with Crippen LogP contribution in [-0.4, -0.2) is 63.3 Å². The van der Waals surface area contributed by atoms with Gasteiger partial charge in [0.05, 0.1) is 12.1 Å². The van der Waals surface area contributed by atoms with Crippen LogP contribution in [0.4, 0.5) is 0 Å². The Morgan fingerprint density at radius 3 is 2.54 bits per heavy atom. The highest BCUT2D eigenvalue weighted by molar-refractivity contribution is 5.78. The van der Waals surface area contributed by atoms with Crippen molar-refractivity contribution in [1.29, 1.82) is 0 Å². The van der Waals surface area contributed by atoms with Crippen molar-refractivity contribution < 1.29 is 9.53 Å². The topological polar surface area (TPSA) is 63.5 Å². The second-order valence-electron chi connectivity index (χ2n) is 8.40. The van der Waals surface area contributed by atoms with Gasteiger partial charge in [0.25, 0.3) is 5.91 Å². The average molecular weight is 386 g/mol. The highest BCUT2D eigenvalue weighted by Crippen LogP contribution is 2.21. The summed E-state index contributed by atoms with van der Waals surface area (Å²) in [7, 11) is 0. The van der Waals surface area contributed by atoms with E-state index >= 15 is 0 Å². The zero-order valence-electron chi connectivity index (χ0n) is 17.6. The molecular weight excluding hydrogens is 354 g/mol. The van der Waals surface area contributed by atoms with Crippen LogP contribution in [0.25, 0.3) is 0 Å². The number of piperazine rings is 1. The molecule has 28 heavy (non-hydrogen) atoms. The Balaban J connectivity index is 1.49. The van der Waals surface area contributed by atoms with Crippen LogP contribution >= 0.6 is 0 Å². The van der Waals surface area contributed by atoms with Crippen molar-refractivity contribution in [2.45, 2.75) is 46.7 Å². The summed E-state index contributed by atoms with van der Waals surface area (Å²) in [6.45, 7) is 14.3. The van der Waals surface area contributed by atoms with Gasteiger partial charge in [0, 0.05) is 26.2 Å². The van der Waals surface area contributed by atoms with E-state index < -0.39 is 0 Å². The zero-order chi connectivity index (χ0) is 20.3. The van der Waals surface area contributed by atoms with E-state index in [1.165, 1.54) is 5.56 Å². The van der Waals surface area contributed by atoms with Gasteiger partial charge in [-0.3, -0.25) is 9.69 Å². The molecule has 0 bridgehead atoms. The van der Waals surface area contributed by atoms with Crippen LogP contribution in [0.15, 0.2) is 24.5 Å². The minimum absolute atomic E-state index is 0.0402. The van der Waals surface area contributed by atoms with E-state index in [4.69, 9.17) is 4.74 Å². The molecule has 1 aliphatic rings. The minimum atomic E-state index is -0.0884. The first-order chi connectivity index (χ1) is 13.3. The van der Waals surface area contributed by atoms with E-state index in [0.29, 0.717) is 13.1 Å². The van der Waals surface area contributed by atoms with Gasteiger partial charge >= 0.3 is 0 Å². The smallest absolute Gasteiger partial charge is 0.260 e. The van der Waals surface area contributed by atoms with Gasteiger partial charge in [-0.15, -0.1) is 0 Å². The lowest BCUT2D eigenvalue weighted by molar-refractivity contribution is -0.135.